The van der Waals surface area contributed by atoms with Gasteiger partial charge in [0.25, 0.3) is 0 Å². The highest BCUT2D eigenvalue weighted by Gasteiger charge is 2.26. The normalized spacial score (nSPS) is 14.7. The van der Waals surface area contributed by atoms with Gasteiger partial charge in [-0.2, -0.15) is 0 Å². The van der Waals surface area contributed by atoms with E-state index in [1.807, 2.05) is 59.6 Å². The average Bonchev–Trinajstić information content (AvgIpc) is 3.53. The van der Waals surface area contributed by atoms with Gasteiger partial charge in [0.15, 0.2) is 0 Å². The molecule has 41 heavy (non-hydrogen) atoms. The van der Waals surface area contributed by atoms with Crippen molar-refractivity contribution in [2.75, 3.05) is 23.4 Å². The van der Waals surface area contributed by atoms with Crippen LogP contribution in [0.2, 0.25) is 0 Å². The van der Waals surface area contributed by atoms with Crippen molar-refractivity contribution < 1.29 is 8.85 Å². The number of para-hydroxylation sites is 3. The Bertz CT molecular complexity index is 2040. The molecule has 5 nitrogen and oxygen atoms in total. The van der Waals surface area contributed by atoms with Crippen LogP contribution >= 0.6 is 0 Å². The molecule has 7 rings (SSSR count). The maximum Gasteiger partial charge on any atom is 0.137 e. The number of pyridine rings is 1. The number of anilines is 3. The fourth-order valence-corrected chi connectivity index (χ4v) is 5.71. The van der Waals surface area contributed by atoms with Crippen LogP contribution in [0.1, 0.15) is 36.0 Å². The molecule has 0 atom stereocenters. The van der Waals surface area contributed by atoms with E-state index in [4.69, 9.17) is 13.8 Å². The first-order chi connectivity index (χ1) is 21.0. The Morgan fingerprint density at radius 3 is 2.37 bits per heavy atom. The van der Waals surface area contributed by atoms with Gasteiger partial charge in [-0.1, -0.05) is 51.1 Å². The van der Waals surface area contributed by atoms with Gasteiger partial charge >= 0.3 is 0 Å². The van der Waals surface area contributed by atoms with Crippen LogP contribution in [-0.2, 0) is 5.41 Å². The molecule has 0 saturated carbocycles. The fraction of sp³-hybridized carbons (Fsp3) is 0.194. The number of ether oxygens (including phenoxy) is 1. The van der Waals surface area contributed by atoms with Crippen LogP contribution in [0.4, 0.5) is 17.1 Å². The summed E-state index contributed by atoms with van der Waals surface area (Å²) in [6.07, 6.45) is 1.84. The lowest BCUT2D eigenvalue weighted by molar-refractivity contribution is 0.479. The van der Waals surface area contributed by atoms with Crippen LogP contribution in [0.25, 0.3) is 27.6 Å². The second-order valence-corrected chi connectivity index (χ2v) is 11.8. The first kappa shape index (κ1) is 22.0. The third kappa shape index (κ3) is 4.38. The molecule has 1 aliphatic heterocycles. The first-order valence-corrected chi connectivity index (χ1v) is 13.9. The molecule has 3 heterocycles. The van der Waals surface area contributed by atoms with Crippen LogP contribution in [-0.4, -0.2) is 23.2 Å². The van der Waals surface area contributed by atoms with E-state index in [1.165, 1.54) is 4.90 Å². The minimum Gasteiger partial charge on any atom is -0.457 e. The molecule has 0 radical (unpaired) electrons. The third-order valence-electron chi connectivity index (χ3n) is 7.83. The second kappa shape index (κ2) is 9.41. The zero-order chi connectivity index (χ0) is 30.8. The van der Waals surface area contributed by atoms with E-state index < -0.39 is 6.98 Å². The van der Waals surface area contributed by atoms with Crippen molar-refractivity contribution in [3.05, 3.63) is 114 Å². The number of aryl methyl sites for hydroxylation is 1. The van der Waals surface area contributed by atoms with Gasteiger partial charge in [0.1, 0.15) is 17.3 Å². The molecule has 4 aromatic carbocycles. The predicted molar refractivity (Wildman–Crippen MR) is 170 cm³/mol. The lowest BCUT2D eigenvalue weighted by Gasteiger charge is -2.25. The molecular formula is C36H34N4O. The summed E-state index contributed by atoms with van der Waals surface area (Å²) in [7, 11) is 0. The molecule has 0 spiro atoms. The Morgan fingerprint density at radius 2 is 1.56 bits per heavy atom. The first-order valence-electron chi connectivity index (χ1n) is 15.4. The lowest BCUT2D eigenvalue weighted by Crippen LogP contribution is -2.24. The Balaban J connectivity index is 1.34. The van der Waals surface area contributed by atoms with E-state index in [9.17, 15) is 0 Å². The summed E-state index contributed by atoms with van der Waals surface area (Å²) in [4.78, 5) is 8.23. The van der Waals surface area contributed by atoms with Gasteiger partial charge in [0.05, 0.1) is 29.1 Å². The van der Waals surface area contributed by atoms with E-state index in [2.05, 4.69) is 80.8 Å². The van der Waals surface area contributed by atoms with Gasteiger partial charge in [-0.05, 0) is 78.1 Å². The van der Waals surface area contributed by atoms with Gasteiger partial charge in [-0.25, -0.2) is 4.98 Å². The van der Waals surface area contributed by atoms with Crippen molar-refractivity contribution >= 4 is 38.9 Å². The number of fused-ring (bicyclic) bond motifs is 4. The van der Waals surface area contributed by atoms with Crippen molar-refractivity contribution in [2.24, 2.45) is 0 Å². The Labute approximate surface area is 245 Å². The van der Waals surface area contributed by atoms with Crippen LogP contribution in [0, 0.1) is 6.92 Å². The molecule has 1 aliphatic rings. The quantitative estimate of drug-likeness (QED) is 0.223. The van der Waals surface area contributed by atoms with Crippen LogP contribution in [0.3, 0.4) is 0 Å². The number of nitrogens with zero attached hydrogens (tertiary/aromatic N) is 4. The average molecular weight is 542 g/mol. The summed E-state index contributed by atoms with van der Waals surface area (Å²) in [5, 5.41) is 2.28. The molecule has 0 aliphatic carbocycles. The van der Waals surface area contributed by atoms with Crippen LogP contribution < -0.4 is 14.5 Å². The van der Waals surface area contributed by atoms with E-state index in [0.29, 0.717) is 17.2 Å². The van der Waals surface area contributed by atoms with E-state index in [-0.39, 0.29) is 12.1 Å². The Kier molecular flexibility index (Phi) is 5.05. The molecule has 0 amide bonds. The molecule has 0 bridgehead atoms. The van der Waals surface area contributed by atoms with E-state index >= 15 is 0 Å². The fourth-order valence-electron chi connectivity index (χ4n) is 5.71. The minimum absolute atomic E-state index is 0.162. The monoisotopic (exact) mass is 541 g/mol. The summed E-state index contributed by atoms with van der Waals surface area (Å²) in [5.74, 6) is 2.25. The molecule has 5 heteroatoms. The topological polar surface area (TPSA) is 33.5 Å². The molecule has 0 N–H and O–H groups in total. The smallest absolute Gasteiger partial charge is 0.137 e. The molecule has 0 fully saturated rings. The highest BCUT2D eigenvalue weighted by atomic mass is 16.5. The molecule has 2 aromatic heterocycles. The van der Waals surface area contributed by atoms with Gasteiger partial charge in [-0.15, -0.1) is 0 Å². The Morgan fingerprint density at radius 1 is 0.780 bits per heavy atom. The molecule has 6 aromatic rings. The number of rotatable bonds is 4. The van der Waals surface area contributed by atoms with Crippen molar-refractivity contribution in [3.8, 4) is 17.3 Å². The zero-order valence-corrected chi connectivity index (χ0v) is 23.7. The largest absolute Gasteiger partial charge is 0.457 e. The van der Waals surface area contributed by atoms with Crippen molar-refractivity contribution in [1.29, 1.82) is 0 Å². The summed E-state index contributed by atoms with van der Waals surface area (Å²) in [6.45, 7) is 6.54. The SMILES string of the molecule is [2H]C([2H])([2H])N1CN(c2cc(Oc3ccc4c5ccccc5n(-c5cc(C)ccn5)c4c3)cc(C(C)(C)C)c2)c2ccccc21. The highest BCUT2D eigenvalue weighted by Crippen LogP contribution is 2.43. The summed E-state index contributed by atoms with van der Waals surface area (Å²) in [5.41, 5.74) is 6.60. The molecular weight excluding hydrogens is 504 g/mol. The summed E-state index contributed by atoms with van der Waals surface area (Å²) < 4.78 is 33.2. The second-order valence-electron chi connectivity index (χ2n) is 11.8. The van der Waals surface area contributed by atoms with Crippen molar-refractivity contribution in [2.45, 2.75) is 33.1 Å². The van der Waals surface area contributed by atoms with Crippen molar-refractivity contribution in [1.82, 2.24) is 9.55 Å². The van der Waals surface area contributed by atoms with Gasteiger partial charge in [-0.3, -0.25) is 4.57 Å². The molecule has 204 valence electrons. The zero-order valence-electron chi connectivity index (χ0n) is 26.7. The van der Waals surface area contributed by atoms with Gasteiger partial charge in [0.2, 0.25) is 0 Å². The number of hydrogen-bond acceptors (Lipinski definition) is 4. The van der Waals surface area contributed by atoms with Gasteiger partial charge in [0, 0.05) is 45.9 Å². The molecule has 0 unspecified atom stereocenters. The molecule has 0 saturated heterocycles. The van der Waals surface area contributed by atoms with Crippen LogP contribution in [0.15, 0.2) is 103 Å². The standard InChI is InChI=1S/C36H34N4O/c1-24-16-17-37-35(18-24)40-31-11-7-6-10-29(31)30-15-14-27(22-34(30)40)41-28-20-25(36(2,3)4)19-26(21-28)39-23-38(5)32-12-8-9-13-33(32)39/h6-22H,23H2,1-5H3/i5D3. The minimum atomic E-state index is -2.26. The van der Waals surface area contributed by atoms with Crippen LogP contribution in [0.5, 0.6) is 11.5 Å². The van der Waals surface area contributed by atoms with Crippen molar-refractivity contribution in [3.63, 3.8) is 0 Å². The van der Waals surface area contributed by atoms with E-state index in [1.54, 1.807) is 0 Å². The maximum atomic E-state index is 8.14. The summed E-state index contributed by atoms with van der Waals surface area (Å²) >= 11 is 0. The summed E-state index contributed by atoms with van der Waals surface area (Å²) in [6, 6.07) is 32.5. The Hall–Kier alpha value is -4.77. The highest BCUT2D eigenvalue weighted by molar-refractivity contribution is 6.09. The third-order valence-corrected chi connectivity index (χ3v) is 7.83. The van der Waals surface area contributed by atoms with Gasteiger partial charge < -0.3 is 14.5 Å². The lowest BCUT2D eigenvalue weighted by atomic mass is 9.86. The van der Waals surface area contributed by atoms with E-state index in [0.717, 1.165) is 50.1 Å². The number of benzene rings is 4. The maximum absolute atomic E-state index is 8.14. The predicted octanol–water partition coefficient (Wildman–Crippen LogP) is 9.12. The number of hydrogen-bond donors (Lipinski definition) is 0. The number of aromatic nitrogens is 2.